The van der Waals surface area contributed by atoms with E-state index < -0.39 is 5.41 Å². The summed E-state index contributed by atoms with van der Waals surface area (Å²) in [4.78, 5) is 18.6. The summed E-state index contributed by atoms with van der Waals surface area (Å²) in [6, 6.07) is 8.41. The molecule has 0 atom stereocenters. The predicted molar refractivity (Wildman–Crippen MR) is 89.9 cm³/mol. The first-order valence-electron chi connectivity index (χ1n) is 8.03. The summed E-state index contributed by atoms with van der Waals surface area (Å²) < 4.78 is 5.58. The van der Waals surface area contributed by atoms with Crippen molar-refractivity contribution in [3.63, 3.8) is 0 Å². The highest BCUT2D eigenvalue weighted by atomic mass is 16.5. The summed E-state index contributed by atoms with van der Waals surface area (Å²) >= 11 is 0. The van der Waals surface area contributed by atoms with Crippen molar-refractivity contribution in [3.05, 3.63) is 41.6 Å². The number of carbonyl (C=O) groups is 1. The van der Waals surface area contributed by atoms with Gasteiger partial charge in [-0.1, -0.05) is 12.1 Å². The fourth-order valence-electron chi connectivity index (χ4n) is 3.56. The lowest BCUT2D eigenvalue weighted by Gasteiger charge is -2.17. The number of fused-ring (bicyclic) bond motifs is 2. The highest BCUT2D eigenvalue weighted by molar-refractivity contribution is 6.07. The number of carbonyl (C=O) groups excluding carboxylic acids is 1. The van der Waals surface area contributed by atoms with Crippen LogP contribution in [0.15, 0.2) is 30.5 Å². The summed E-state index contributed by atoms with van der Waals surface area (Å²) in [6.07, 6.45) is 3.90. The molecule has 2 aliphatic heterocycles. The monoisotopic (exact) mass is 308 g/mol. The van der Waals surface area contributed by atoms with Crippen LogP contribution >= 0.6 is 0 Å². The topological polar surface area (TPSA) is 42.4 Å². The maximum absolute atomic E-state index is 12.4. The molecule has 0 unspecified atom stereocenters. The van der Waals surface area contributed by atoms with E-state index in [0.717, 1.165) is 47.7 Å². The van der Waals surface area contributed by atoms with Crippen molar-refractivity contribution in [2.45, 2.75) is 32.1 Å². The minimum Gasteiger partial charge on any atom is -0.477 e. The van der Waals surface area contributed by atoms with Crippen molar-refractivity contribution >= 4 is 11.6 Å². The zero-order chi connectivity index (χ0) is 16.2. The van der Waals surface area contributed by atoms with Crippen molar-refractivity contribution in [3.8, 4) is 17.0 Å². The fraction of sp³-hybridized carbons (Fsp3) is 0.368. The van der Waals surface area contributed by atoms with Gasteiger partial charge in [-0.15, -0.1) is 0 Å². The molecule has 118 valence electrons. The van der Waals surface area contributed by atoms with Gasteiger partial charge in [-0.2, -0.15) is 0 Å². The Balaban J connectivity index is 1.79. The number of hydrogen-bond donors (Lipinski definition) is 0. The average molecular weight is 308 g/mol. The number of pyridine rings is 1. The Morgan fingerprint density at radius 3 is 2.87 bits per heavy atom. The number of anilines is 1. The largest absolute Gasteiger partial charge is 0.477 e. The van der Waals surface area contributed by atoms with Crippen LogP contribution in [0.25, 0.3) is 11.1 Å². The molecule has 0 saturated heterocycles. The minimum atomic E-state index is -0.454. The first-order chi connectivity index (χ1) is 11.0. The maximum atomic E-state index is 12.4. The minimum absolute atomic E-state index is 0.140. The molecule has 4 rings (SSSR count). The van der Waals surface area contributed by atoms with Crippen molar-refractivity contribution in [1.29, 1.82) is 0 Å². The first kappa shape index (κ1) is 14.2. The molecule has 3 heterocycles. The third-order valence-electron chi connectivity index (χ3n) is 4.96. The number of benzene rings is 1. The van der Waals surface area contributed by atoms with Gasteiger partial charge in [0.15, 0.2) is 0 Å². The highest BCUT2D eigenvalue weighted by Gasteiger charge is 2.42. The van der Waals surface area contributed by atoms with Crippen LogP contribution in [0, 0.1) is 0 Å². The Morgan fingerprint density at radius 1 is 1.22 bits per heavy atom. The molecule has 0 bridgehead atoms. The van der Waals surface area contributed by atoms with Crippen molar-refractivity contribution in [2.24, 2.45) is 0 Å². The second-order valence-corrected chi connectivity index (χ2v) is 6.86. The number of ether oxygens (including phenoxy) is 1. The normalized spacial score (nSPS) is 18.4. The number of likely N-dealkylation sites (N-methyl/N-ethyl adjacent to an activating group) is 1. The SMILES string of the molecule is CN1C(=O)C(C)(C)c2ccc(-c3cnc4c(c3)CCCO4)cc21. The van der Waals surface area contributed by atoms with E-state index in [1.165, 1.54) is 5.56 Å². The molecule has 0 saturated carbocycles. The van der Waals surface area contributed by atoms with E-state index in [9.17, 15) is 4.79 Å². The van der Waals surface area contributed by atoms with Gasteiger partial charge in [-0.3, -0.25) is 4.79 Å². The lowest BCUT2D eigenvalue weighted by molar-refractivity contribution is -0.121. The predicted octanol–water partition coefficient (Wildman–Crippen LogP) is 3.33. The van der Waals surface area contributed by atoms with Gasteiger partial charge in [-0.05, 0) is 49.9 Å². The highest BCUT2D eigenvalue weighted by Crippen LogP contribution is 2.42. The average Bonchev–Trinajstić information content (AvgIpc) is 2.75. The molecule has 1 aromatic heterocycles. The third-order valence-corrected chi connectivity index (χ3v) is 4.96. The third kappa shape index (κ3) is 2.05. The van der Waals surface area contributed by atoms with E-state index >= 15 is 0 Å². The molecule has 1 amide bonds. The quantitative estimate of drug-likeness (QED) is 0.811. The molecular weight excluding hydrogens is 288 g/mol. The molecular formula is C19H20N2O2. The molecule has 4 heteroatoms. The van der Waals surface area contributed by atoms with Gasteiger partial charge < -0.3 is 9.64 Å². The second-order valence-electron chi connectivity index (χ2n) is 6.86. The van der Waals surface area contributed by atoms with E-state index in [1.54, 1.807) is 4.90 Å². The molecule has 0 fully saturated rings. The van der Waals surface area contributed by atoms with Crippen LogP contribution in [0.2, 0.25) is 0 Å². The molecule has 1 aromatic carbocycles. The number of nitrogens with zero attached hydrogens (tertiary/aromatic N) is 2. The van der Waals surface area contributed by atoms with Crippen molar-refractivity contribution in [2.75, 3.05) is 18.6 Å². The van der Waals surface area contributed by atoms with E-state index in [-0.39, 0.29) is 5.91 Å². The van der Waals surface area contributed by atoms with Crippen LogP contribution in [-0.4, -0.2) is 24.5 Å². The lowest BCUT2D eigenvalue weighted by Crippen LogP contribution is -2.33. The Kier molecular flexibility index (Phi) is 2.98. The number of amides is 1. The van der Waals surface area contributed by atoms with Gasteiger partial charge in [0.25, 0.3) is 0 Å². The molecule has 23 heavy (non-hydrogen) atoms. The van der Waals surface area contributed by atoms with Crippen LogP contribution in [0.3, 0.4) is 0 Å². The van der Waals surface area contributed by atoms with Crippen LogP contribution in [0.5, 0.6) is 5.88 Å². The number of rotatable bonds is 1. The second kappa shape index (κ2) is 4.82. The summed E-state index contributed by atoms with van der Waals surface area (Å²) in [5.74, 6) is 0.899. The van der Waals surface area contributed by atoms with E-state index in [1.807, 2.05) is 27.1 Å². The Morgan fingerprint density at radius 2 is 2.04 bits per heavy atom. The zero-order valence-electron chi connectivity index (χ0n) is 13.7. The molecule has 0 aliphatic carbocycles. The molecule has 4 nitrogen and oxygen atoms in total. The van der Waals surface area contributed by atoms with Gasteiger partial charge in [0.2, 0.25) is 11.8 Å². The molecule has 0 N–H and O–H groups in total. The fourth-order valence-corrected chi connectivity index (χ4v) is 3.56. The van der Waals surface area contributed by atoms with Crippen LogP contribution in [-0.2, 0) is 16.6 Å². The molecule has 0 spiro atoms. The summed E-state index contributed by atoms with van der Waals surface area (Å²) in [6.45, 7) is 4.71. The molecule has 0 radical (unpaired) electrons. The summed E-state index contributed by atoms with van der Waals surface area (Å²) in [5, 5.41) is 0. The van der Waals surface area contributed by atoms with E-state index in [4.69, 9.17) is 4.74 Å². The van der Waals surface area contributed by atoms with Crippen molar-refractivity contribution in [1.82, 2.24) is 4.98 Å². The summed E-state index contributed by atoms with van der Waals surface area (Å²) in [5.41, 5.74) is 4.95. The van der Waals surface area contributed by atoms with Crippen LogP contribution in [0.4, 0.5) is 5.69 Å². The van der Waals surface area contributed by atoms with Crippen molar-refractivity contribution < 1.29 is 9.53 Å². The van der Waals surface area contributed by atoms with E-state index in [0.29, 0.717) is 0 Å². The van der Waals surface area contributed by atoms with Crippen LogP contribution < -0.4 is 9.64 Å². The van der Waals surface area contributed by atoms with Gasteiger partial charge in [-0.25, -0.2) is 4.98 Å². The Hall–Kier alpha value is -2.36. The number of aryl methyl sites for hydroxylation is 1. The van der Waals surface area contributed by atoms with Gasteiger partial charge in [0, 0.05) is 30.1 Å². The smallest absolute Gasteiger partial charge is 0.236 e. The number of aromatic nitrogens is 1. The Bertz CT molecular complexity index is 811. The Labute approximate surface area is 136 Å². The first-order valence-corrected chi connectivity index (χ1v) is 8.03. The molecule has 2 aliphatic rings. The summed E-state index contributed by atoms with van der Waals surface area (Å²) in [7, 11) is 1.85. The zero-order valence-corrected chi connectivity index (χ0v) is 13.7. The standard InChI is InChI=1S/C19H20N2O2/c1-19(2)15-7-6-12(10-16(15)21(3)18(19)22)14-9-13-5-4-8-23-17(13)20-11-14/h6-7,9-11H,4-5,8H2,1-3H3. The van der Waals surface area contributed by atoms with Gasteiger partial charge in [0.1, 0.15) is 0 Å². The van der Waals surface area contributed by atoms with Gasteiger partial charge >= 0.3 is 0 Å². The van der Waals surface area contributed by atoms with E-state index in [2.05, 4.69) is 29.2 Å². The van der Waals surface area contributed by atoms with Gasteiger partial charge in [0.05, 0.1) is 12.0 Å². The maximum Gasteiger partial charge on any atom is 0.236 e. The lowest BCUT2D eigenvalue weighted by atomic mass is 9.85. The van der Waals surface area contributed by atoms with Crippen LogP contribution in [0.1, 0.15) is 31.4 Å². The molecule has 2 aromatic rings. The number of hydrogen-bond acceptors (Lipinski definition) is 3.